The third kappa shape index (κ3) is 4.74. The highest BCUT2D eigenvalue weighted by Crippen LogP contribution is 2.19. The van der Waals surface area contributed by atoms with Crippen molar-refractivity contribution in [2.45, 2.75) is 32.9 Å². The molecule has 1 aliphatic rings. The highest BCUT2D eigenvalue weighted by atomic mass is 19.3. The summed E-state index contributed by atoms with van der Waals surface area (Å²) in [6, 6.07) is 5.97. The molecule has 0 saturated carbocycles. The van der Waals surface area contributed by atoms with Gasteiger partial charge in [-0.1, -0.05) is 6.07 Å². The van der Waals surface area contributed by atoms with Crippen molar-refractivity contribution in [2.75, 3.05) is 25.0 Å². The second kappa shape index (κ2) is 7.70. The maximum atomic E-state index is 12.4. The van der Waals surface area contributed by atoms with Gasteiger partial charge in [0, 0.05) is 37.1 Å². The number of rotatable bonds is 7. The minimum atomic E-state index is -2.37. The molecule has 1 fully saturated rings. The third-order valence-corrected chi connectivity index (χ3v) is 4.25. The lowest BCUT2D eigenvalue weighted by atomic mass is 10.1. The average molecular weight is 335 g/mol. The van der Waals surface area contributed by atoms with E-state index in [-0.39, 0.29) is 6.54 Å². The van der Waals surface area contributed by atoms with E-state index in [4.69, 9.17) is 0 Å². The first kappa shape index (κ1) is 16.8. The molecular weight excluding hydrogens is 312 g/mol. The lowest BCUT2D eigenvalue weighted by Crippen LogP contribution is -2.22. The molecule has 2 aromatic heterocycles. The topological polar surface area (TPSA) is 46.0 Å². The molecule has 24 heavy (non-hydrogen) atoms. The molecule has 1 N–H and O–H groups in total. The Labute approximate surface area is 140 Å². The maximum absolute atomic E-state index is 12.4. The fraction of sp³-hybridized carbons (Fsp3) is 0.529. The van der Waals surface area contributed by atoms with Crippen molar-refractivity contribution in [1.82, 2.24) is 19.7 Å². The third-order valence-electron chi connectivity index (χ3n) is 4.25. The molecule has 0 spiro atoms. The molecule has 0 amide bonds. The fourth-order valence-corrected chi connectivity index (χ4v) is 3.10. The van der Waals surface area contributed by atoms with E-state index in [9.17, 15) is 8.78 Å². The van der Waals surface area contributed by atoms with Gasteiger partial charge in [-0.25, -0.2) is 13.8 Å². The molecule has 3 rings (SSSR count). The van der Waals surface area contributed by atoms with Gasteiger partial charge in [-0.3, -0.25) is 9.58 Å². The van der Waals surface area contributed by atoms with E-state index in [2.05, 4.69) is 20.3 Å². The Hall–Kier alpha value is -2.02. The number of likely N-dealkylation sites (tertiary alicyclic amines) is 1. The number of halogens is 2. The molecule has 0 aliphatic carbocycles. The van der Waals surface area contributed by atoms with Gasteiger partial charge in [0.05, 0.1) is 6.20 Å². The van der Waals surface area contributed by atoms with Crippen LogP contribution in [0.5, 0.6) is 0 Å². The Bertz CT molecular complexity index is 658. The van der Waals surface area contributed by atoms with Gasteiger partial charge >= 0.3 is 0 Å². The van der Waals surface area contributed by atoms with Crippen LogP contribution in [0.25, 0.3) is 0 Å². The molecule has 1 saturated heterocycles. The van der Waals surface area contributed by atoms with Gasteiger partial charge < -0.3 is 5.32 Å². The number of anilines is 1. The van der Waals surface area contributed by atoms with Crippen molar-refractivity contribution >= 4 is 5.82 Å². The number of aryl methyl sites for hydroxylation is 1. The van der Waals surface area contributed by atoms with E-state index in [1.165, 1.54) is 4.68 Å². The standard InChI is InChI=1S/C17H23F2N5/c1-13-3-2-4-17(22-13)20-7-14-5-6-23(9-14)10-15-8-21-24(11-15)12-16(18)19/h2-4,8,11,14,16H,5-7,9-10,12H2,1H3,(H,20,22). The lowest BCUT2D eigenvalue weighted by molar-refractivity contribution is 0.122. The molecule has 5 nitrogen and oxygen atoms in total. The van der Waals surface area contributed by atoms with Crippen LogP contribution in [0.1, 0.15) is 17.7 Å². The second-order valence-electron chi connectivity index (χ2n) is 6.40. The first-order chi connectivity index (χ1) is 11.6. The molecule has 1 atom stereocenters. The average Bonchev–Trinajstić information content (AvgIpc) is 3.15. The lowest BCUT2D eigenvalue weighted by Gasteiger charge is -2.15. The van der Waals surface area contributed by atoms with E-state index in [1.54, 1.807) is 12.4 Å². The monoisotopic (exact) mass is 335 g/mol. The SMILES string of the molecule is Cc1cccc(NCC2CCN(Cc3cnn(CC(F)F)c3)C2)n1. The summed E-state index contributed by atoms with van der Waals surface area (Å²) in [4.78, 5) is 6.80. The van der Waals surface area contributed by atoms with Gasteiger partial charge in [0.2, 0.25) is 0 Å². The quantitative estimate of drug-likeness (QED) is 0.845. The zero-order valence-electron chi connectivity index (χ0n) is 13.8. The van der Waals surface area contributed by atoms with Gasteiger partial charge in [-0.05, 0) is 37.9 Å². The van der Waals surface area contributed by atoms with Crippen LogP contribution in [0.3, 0.4) is 0 Å². The zero-order valence-corrected chi connectivity index (χ0v) is 13.8. The molecule has 2 aromatic rings. The van der Waals surface area contributed by atoms with Crippen molar-refractivity contribution in [2.24, 2.45) is 5.92 Å². The summed E-state index contributed by atoms with van der Waals surface area (Å²) >= 11 is 0. The smallest absolute Gasteiger partial charge is 0.257 e. The summed E-state index contributed by atoms with van der Waals surface area (Å²) in [6.07, 6.45) is 2.17. The van der Waals surface area contributed by atoms with Crippen LogP contribution in [0.4, 0.5) is 14.6 Å². The van der Waals surface area contributed by atoms with E-state index < -0.39 is 6.43 Å². The molecule has 1 aliphatic heterocycles. The molecule has 1 unspecified atom stereocenters. The van der Waals surface area contributed by atoms with Gasteiger partial charge in [0.1, 0.15) is 12.4 Å². The zero-order chi connectivity index (χ0) is 16.9. The summed E-state index contributed by atoms with van der Waals surface area (Å²) < 4.78 is 26.0. The Balaban J connectivity index is 1.44. The largest absolute Gasteiger partial charge is 0.370 e. The van der Waals surface area contributed by atoms with Crippen molar-refractivity contribution in [3.63, 3.8) is 0 Å². The molecule has 0 radical (unpaired) electrons. The van der Waals surface area contributed by atoms with Crippen molar-refractivity contribution in [1.29, 1.82) is 0 Å². The van der Waals surface area contributed by atoms with Gasteiger partial charge in [-0.2, -0.15) is 5.10 Å². The fourth-order valence-electron chi connectivity index (χ4n) is 3.10. The summed E-state index contributed by atoms with van der Waals surface area (Å²) in [5, 5.41) is 7.39. The summed E-state index contributed by atoms with van der Waals surface area (Å²) in [5.74, 6) is 1.49. The number of hydrogen-bond donors (Lipinski definition) is 1. The molecule has 130 valence electrons. The number of aromatic nitrogens is 3. The van der Waals surface area contributed by atoms with Crippen molar-refractivity contribution in [3.8, 4) is 0 Å². The Morgan fingerprint density at radius 3 is 3.04 bits per heavy atom. The van der Waals surface area contributed by atoms with Crippen molar-refractivity contribution in [3.05, 3.63) is 41.9 Å². The van der Waals surface area contributed by atoms with Crippen molar-refractivity contribution < 1.29 is 8.78 Å². The first-order valence-electron chi connectivity index (χ1n) is 8.28. The molecular formula is C17H23F2N5. The number of pyridine rings is 1. The number of nitrogens with zero attached hydrogens (tertiary/aromatic N) is 4. The minimum absolute atomic E-state index is 0.337. The van der Waals surface area contributed by atoms with Crippen LogP contribution in [-0.4, -0.2) is 45.7 Å². The summed E-state index contributed by atoms with van der Waals surface area (Å²) in [6.45, 7) is 5.33. The van der Waals surface area contributed by atoms with Gasteiger partial charge in [-0.15, -0.1) is 0 Å². The van der Waals surface area contributed by atoms with Crippen LogP contribution in [-0.2, 0) is 13.1 Å². The summed E-state index contributed by atoms with van der Waals surface area (Å²) in [7, 11) is 0. The minimum Gasteiger partial charge on any atom is -0.370 e. The summed E-state index contributed by atoms with van der Waals surface area (Å²) in [5.41, 5.74) is 2.00. The van der Waals surface area contributed by atoms with Crippen LogP contribution in [0.2, 0.25) is 0 Å². The number of nitrogens with one attached hydrogen (secondary N) is 1. The number of hydrogen-bond acceptors (Lipinski definition) is 4. The van der Waals surface area contributed by atoms with E-state index >= 15 is 0 Å². The predicted molar refractivity (Wildman–Crippen MR) is 89.1 cm³/mol. The van der Waals surface area contributed by atoms with Gasteiger partial charge in [0.25, 0.3) is 6.43 Å². The molecule has 0 aromatic carbocycles. The van der Waals surface area contributed by atoms with E-state index in [0.717, 1.165) is 49.7 Å². The van der Waals surface area contributed by atoms with E-state index in [0.29, 0.717) is 5.92 Å². The van der Waals surface area contributed by atoms with Crippen LogP contribution in [0, 0.1) is 12.8 Å². The predicted octanol–water partition coefficient (Wildman–Crippen LogP) is 2.79. The van der Waals surface area contributed by atoms with Crippen LogP contribution >= 0.6 is 0 Å². The number of alkyl halides is 2. The van der Waals surface area contributed by atoms with Gasteiger partial charge in [0.15, 0.2) is 0 Å². The molecule has 7 heteroatoms. The first-order valence-corrected chi connectivity index (χ1v) is 8.28. The Kier molecular flexibility index (Phi) is 5.40. The molecule has 3 heterocycles. The van der Waals surface area contributed by atoms with Crippen LogP contribution in [0.15, 0.2) is 30.6 Å². The second-order valence-corrected chi connectivity index (χ2v) is 6.40. The van der Waals surface area contributed by atoms with E-state index in [1.807, 2.05) is 25.1 Å². The maximum Gasteiger partial charge on any atom is 0.257 e. The highest BCUT2D eigenvalue weighted by Gasteiger charge is 2.22. The highest BCUT2D eigenvalue weighted by molar-refractivity contribution is 5.35. The van der Waals surface area contributed by atoms with Crippen LogP contribution < -0.4 is 5.32 Å². The Morgan fingerprint density at radius 1 is 1.38 bits per heavy atom. The normalized spacial score (nSPS) is 18.4. The Morgan fingerprint density at radius 2 is 2.25 bits per heavy atom. The molecule has 0 bridgehead atoms.